The Morgan fingerprint density at radius 1 is 1.44 bits per heavy atom. The van der Waals surface area contributed by atoms with Gasteiger partial charge < -0.3 is 0 Å². The predicted octanol–water partition coefficient (Wildman–Crippen LogP) is 1.89. The van der Waals surface area contributed by atoms with Crippen LogP contribution in [0.1, 0.15) is 24.1 Å². The fourth-order valence-electron chi connectivity index (χ4n) is 2.02. The maximum atomic E-state index is 12.4. The number of isocyanates is 1. The number of hydrogen-bond acceptors (Lipinski definition) is 5. The molecule has 0 saturated carbocycles. The van der Waals surface area contributed by atoms with Crippen molar-refractivity contribution in [3.63, 3.8) is 0 Å². The quantitative estimate of drug-likeness (QED) is 0.629. The third-order valence-electron chi connectivity index (χ3n) is 2.90. The first-order valence-corrected chi connectivity index (χ1v) is 7.96. The standard InChI is InChI=1S/C11H14N2O3S2/c1-9-5-6-11(17-9)18(15,16)13-7-3-2-4-10(13)12-8-14/h5-6,10H,2-4,7H2,1H3. The Labute approximate surface area is 110 Å². The van der Waals surface area contributed by atoms with Crippen molar-refractivity contribution in [2.24, 2.45) is 4.99 Å². The van der Waals surface area contributed by atoms with Gasteiger partial charge in [0, 0.05) is 11.4 Å². The van der Waals surface area contributed by atoms with Gasteiger partial charge in [-0.2, -0.15) is 9.30 Å². The van der Waals surface area contributed by atoms with Gasteiger partial charge in [-0.1, -0.05) is 0 Å². The lowest BCUT2D eigenvalue weighted by atomic mass is 10.1. The first-order valence-electron chi connectivity index (χ1n) is 5.71. The van der Waals surface area contributed by atoms with Crippen molar-refractivity contribution in [1.29, 1.82) is 0 Å². The maximum absolute atomic E-state index is 12.4. The van der Waals surface area contributed by atoms with Crippen molar-refractivity contribution in [3.05, 3.63) is 17.0 Å². The van der Waals surface area contributed by atoms with Crippen LogP contribution < -0.4 is 0 Å². The molecule has 0 spiro atoms. The van der Waals surface area contributed by atoms with Crippen molar-refractivity contribution >= 4 is 27.4 Å². The summed E-state index contributed by atoms with van der Waals surface area (Å²) < 4.78 is 26.5. The highest BCUT2D eigenvalue weighted by Crippen LogP contribution is 2.29. The van der Waals surface area contributed by atoms with Gasteiger partial charge in [-0.3, -0.25) is 0 Å². The van der Waals surface area contributed by atoms with Gasteiger partial charge >= 0.3 is 0 Å². The zero-order valence-electron chi connectivity index (χ0n) is 10.00. The molecule has 18 heavy (non-hydrogen) atoms. The largest absolute Gasteiger partial charge is 0.254 e. The van der Waals surface area contributed by atoms with E-state index in [0.29, 0.717) is 17.2 Å². The Kier molecular flexibility index (Phi) is 3.97. The monoisotopic (exact) mass is 286 g/mol. The van der Waals surface area contributed by atoms with Gasteiger partial charge in [0.15, 0.2) is 0 Å². The maximum Gasteiger partial charge on any atom is 0.254 e. The highest BCUT2D eigenvalue weighted by Gasteiger charge is 2.34. The smallest absolute Gasteiger partial charge is 0.211 e. The molecule has 2 rings (SSSR count). The fraction of sp³-hybridized carbons (Fsp3) is 0.545. The van der Waals surface area contributed by atoms with E-state index in [1.807, 2.05) is 6.92 Å². The number of aryl methyl sites for hydroxylation is 1. The van der Waals surface area contributed by atoms with Crippen LogP contribution in [0.3, 0.4) is 0 Å². The van der Waals surface area contributed by atoms with E-state index in [1.54, 1.807) is 12.1 Å². The summed E-state index contributed by atoms with van der Waals surface area (Å²) in [7, 11) is -3.53. The average Bonchev–Trinajstić information content (AvgIpc) is 2.78. The second kappa shape index (κ2) is 5.32. The van der Waals surface area contributed by atoms with Crippen LogP contribution in [0.2, 0.25) is 0 Å². The van der Waals surface area contributed by atoms with Crippen molar-refractivity contribution in [2.75, 3.05) is 6.54 Å². The highest BCUT2D eigenvalue weighted by atomic mass is 32.2. The Balaban J connectivity index is 2.35. The normalized spacial score (nSPS) is 21.5. The zero-order chi connectivity index (χ0) is 13.2. The molecule has 1 unspecified atom stereocenters. The van der Waals surface area contributed by atoms with Crippen molar-refractivity contribution < 1.29 is 13.2 Å². The number of hydrogen-bond donors (Lipinski definition) is 0. The summed E-state index contributed by atoms with van der Waals surface area (Å²) in [6.45, 7) is 2.27. The lowest BCUT2D eigenvalue weighted by molar-refractivity contribution is 0.260. The van der Waals surface area contributed by atoms with Gasteiger partial charge in [-0.05, 0) is 38.3 Å². The molecule has 1 aliphatic heterocycles. The van der Waals surface area contributed by atoms with E-state index in [0.717, 1.165) is 17.7 Å². The minimum Gasteiger partial charge on any atom is -0.211 e. The van der Waals surface area contributed by atoms with E-state index in [-0.39, 0.29) is 0 Å². The van der Waals surface area contributed by atoms with E-state index in [9.17, 15) is 13.2 Å². The second-order valence-electron chi connectivity index (χ2n) is 4.18. The number of carbonyl (C=O) groups excluding carboxylic acids is 1. The van der Waals surface area contributed by atoms with Gasteiger partial charge in [0.25, 0.3) is 10.0 Å². The predicted molar refractivity (Wildman–Crippen MR) is 68.7 cm³/mol. The van der Waals surface area contributed by atoms with E-state index in [1.165, 1.54) is 21.7 Å². The van der Waals surface area contributed by atoms with Crippen molar-refractivity contribution in [1.82, 2.24) is 4.31 Å². The summed E-state index contributed by atoms with van der Waals surface area (Å²) in [5, 5.41) is 0. The summed E-state index contributed by atoms with van der Waals surface area (Å²) in [5.41, 5.74) is 0. The van der Waals surface area contributed by atoms with Gasteiger partial charge in [0.2, 0.25) is 6.08 Å². The number of aliphatic imine (C=N–C) groups is 1. The molecular weight excluding hydrogens is 272 g/mol. The van der Waals surface area contributed by atoms with Gasteiger partial charge in [0.1, 0.15) is 10.4 Å². The topological polar surface area (TPSA) is 66.8 Å². The molecule has 0 aromatic carbocycles. The van der Waals surface area contributed by atoms with Crippen LogP contribution in [-0.4, -0.2) is 31.5 Å². The molecule has 1 atom stereocenters. The molecule has 7 heteroatoms. The first-order chi connectivity index (χ1) is 8.55. The summed E-state index contributed by atoms with van der Waals surface area (Å²) >= 11 is 1.24. The van der Waals surface area contributed by atoms with E-state index >= 15 is 0 Å². The average molecular weight is 286 g/mol. The molecule has 5 nitrogen and oxygen atoms in total. The Hall–Kier alpha value is -1.01. The van der Waals surface area contributed by atoms with E-state index in [4.69, 9.17) is 0 Å². The Morgan fingerprint density at radius 3 is 2.83 bits per heavy atom. The van der Waals surface area contributed by atoms with Crippen LogP contribution in [0, 0.1) is 6.92 Å². The summed E-state index contributed by atoms with van der Waals surface area (Å²) in [6.07, 6.45) is 3.14. The summed E-state index contributed by atoms with van der Waals surface area (Å²) in [5.74, 6) is 0. The molecule has 0 bridgehead atoms. The van der Waals surface area contributed by atoms with Crippen LogP contribution in [0.5, 0.6) is 0 Å². The van der Waals surface area contributed by atoms with Gasteiger partial charge in [-0.25, -0.2) is 13.2 Å². The van der Waals surface area contributed by atoms with Crippen molar-refractivity contribution in [2.45, 2.75) is 36.6 Å². The lowest BCUT2D eigenvalue weighted by Gasteiger charge is -2.30. The molecule has 0 amide bonds. The minimum atomic E-state index is -3.53. The molecule has 2 heterocycles. The fourth-order valence-corrected chi connectivity index (χ4v) is 5.03. The number of sulfonamides is 1. The SMILES string of the molecule is Cc1ccc(S(=O)(=O)N2CCCCC2N=C=O)s1. The third kappa shape index (κ3) is 2.54. The molecule has 1 aliphatic rings. The van der Waals surface area contributed by atoms with E-state index < -0.39 is 16.2 Å². The lowest BCUT2D eigenvalue weighted by Crippen LogP contribution is -2.42. The van der Waals surface area contributed by atoms with Gasteiger partial charge in [0.05, 0.1) is 0 Å². The third-order valence-corrected chi connectivity index (χ3v) is 6.27. The number of piperidine rings is 1. The second-order valence-corrected chi connectivity index (χ2v) is 7.58. The number of rotatable bonds is 3. The van der Waals surface area contributed by atoms with Gasteiger partial charge in [-0.15, -0.1) is 11.3 Å². The molecule has 98 valence electrons. The molecule has 1 fully saturated rings. The summed E-state index contributed by atoms with van der Waals surface area (Å²) in [6, 6.07) is 3.38. The Bertz CT molecular complexity index is 573. The molecule has 1 saturated heterocycles. The molecule has 1 aromatic rings. The van der Waals surface area contributed by atoms with E-state index in [2.05, 4.69) is 4.99 Å². The molecule has 0 radical (unpaired) electrons. The van der Waals surface area contributed by atoms with Crippen LogP contribution in [0.15, 0.2) is 21.3 Å². The van der Waals surface area contributed by atoms with Crippen LogP contribution >= 0.6 is 11.3 Å². The zero-order valence-corrected chi connectivity index (χ0v) is 11.6. The number of nitrogens with zero attached hydrogens (tertiary/aromatic N) is 2. The number of thiophene rings is 1. The Morgan fingerprint density at radius 2 is 2.22 bits per heavy atom. The molecule has 0 N–H and O–H groups in total. The molecule has 0 aliphatic carbocycles. The van der Waals surface area contributed by atoms with Crippen LogP contribution in [0.4, 0.5) is 0 Å². The van der Waals surface area contributed by atoms with Crippen LogP contribution in [-0.2, 0) is 14.8 Å². The minimum absolute atomic E-state index is 0.313. The molecular formula is C11H14N2O3S2. The highest BCUT2D eigenvalue weighted by molar-refractivity contribution is 7.91. The first kappa shape index (κ1) is 13.4. The molecule has 1 aromatic heterocycles. The van der Waals surface area contributed by atoms with Crippen LogP contribution in [0.25, 0.3) is 0 Å². The van der Waals surface area contributed by atoms with Crippen molar-refractivity contribution in [3.8, 4) is 0 Å². The summed E-state index contributed by atoms with van der Waals surface area (Å²) in [4.78, 5) is 14.9.